The maximum atomic E-state index is 12.0. The molecule has 0 saturated carbocycles. The molecule has 0 unspecified atom stereocenters. The second kappa shape index (κ2) is 6.50. The topological polar surface area (TPSA) is 46.5 Å². The fourth-order valence-electron chi connectivity index (χ4n) is 3.52. The van der Waals surface area contributed by atoms with Gasteiger partial charge in [-0.15, -0.1) is 0 Å². The van der Waals surface area contributed by atoms with E-state index in [0.29, 0.717) is 17.2 Å². The number of carboxylic acid groups (broad SMARTS) is 1. The lowest BCUT2D eigenvalue weighted by Gasteiger charge is -2.16. The molecule has 3 aromatic rings. The molecule has 0 radical (unpaired) electrons. The van der Waals surface area contributed by atoms with Crippen molar-refractivity contribution in [3.63, 3.8) is 0 Å². The van der Waals surface area contributed by atoms with Gasteiger partial charge in [0, 0.05) is 17.0 Å². The number of fused-ring (bicyclic) bond motifs is 1. The van der Waals surface area contributed by atoms with E-state index in [1.54, 1.807) is 0 Å². The zero-order chi connectivity index (χ0) is 18.3. The van der Waals surface area contributed by atoms with Crippen molar-refractivity contribution in [2.45, 2.75) is 13.3 Å². The lowest BCUT2D eigenvalue weighted by molar-refractivity contribution is 0.0697. The summed E-state index contributed by atoms with van der Waals surface area (Å²) in [5.74, 6) is -0.0549. The number of ether oxygens (including phenoxy) is 1. The molecule has 0 aromatic heterocycles. The van der Waals surface area contributed by atoms with E-state index in [0.717, 1.165) is 45.6 Å². The van der Waals surface area contributed by atoms with E-state index in [1.165, 1.54) is 0 Å². The lowest BCUT2D eigenvalue weighted by atomic mass is 9.87. The number of carboxylic acids is 1. The first-order valence-corrected chi connectivity index (χ1v) is 8.81. The van der Waals surface area contributed by atoms with Gasteiger partial charge >= 0.3 is 5.97 Å². The minimum absolute atomic E-state index is 0.321. The van der Waals surface area contributed by atoms with Crippen LogP contribution in [-0.2, 0) is 6.42 Å². The first-order chi connectivity index (χ1) is 12.5. The first-order valence-electron chi connectivity index (χ1n) is 8.43. The Labute approximate surface area is 156 Å². The molecular weight excluding hydrogens is 348 g/mol. The van der Waals surface area contributed by atoms with Gasteiger partial charge in [-0.1, -0.05) is 41.9 Å². The van der Waals surface area contributed by atoms with Crippen LogP contribution in [0.5, 0.6) is 5.75 Å². The number of hydrogen-bond acceptors (Lipinski definition) is 2. The Bertz CT molecular complexity index is 1020. The van der Waals surface area contributed by atoms with Crippen molar-refractivity contribution >= 4 is 17.6 Å². The van der Waals surface area contributed by atoms with E-state index in [1.807, 2.05) is 61.5 Å². The van der Waals surface area contributed by atoms with Crippen LogP contribution < -0.4 is 4.74 Å². The van der Waals surface area contributed by atoms with Crippen molar-refractivity contribution in [3.05, 3.63) is 76.3 Å². The molecular formula is C22H17ClO3. The van der Waals surface area contributed by atoms with Crippen molar-refractivity contribution in [2.24, 2.45) is 0 Å². The molecule has 1 heterocycles. The maximum Gasteiger partial charge on any atom is 0.336 e. The second-order valence-electron chi connectivity index (χ2n) is 6.42. The zero-order valence-corrected chi connectivity index (χ0v) is 15.0. The van der Waals surface area contributed by atoms with Gasteiger partial charge in [-0.3, -0.25) is 0 Å². The van der Waals surface area contributed by atoms with E-state index in [4.69, 9.17) is 16.3 Å². The van der Waals surface area contributed by atoms with Gasteiger partial charge in [0.15, 0.2) is 0 Å². The summed E-state index contributed by atoms with van der Waals surface area (Å²) in [7, 11) is 0. The number of carbonyl (C=O) groups is 1. The van der Waals surface area contributed by atoms with E-state index in [9.17, 15) is 9.90 Å². The Morgan fingerprint density at radius 3 is 2.69 bits per heavy atom. The minimum Gasteiger partial charge on any atom is -0.493 e. The van der Waals surface area contributed by atoms with Crippen LogP contribution in [0.1, 0.15) is 21.5 Å². The molecule has 3 aromatic carbocycles. The largest absolute Gasteiger partial charge is 0.493 e. The van der Waals surface area contributed by atoms with Gasteiger partial charge in [0.25, 0.3) is 0 Å². The van der Waals surface area contributed by atoms with Crippen LogP contribution in [0.4, 0.5) is 0 Å². The van der Waals surface area contributed by atoms with Gasteiger partial charge < -0.3 is 9.84 Å². The highest BCUT2D eigenvalue weighted by atomic mass is 35.5. The number of aryl methyl sites for hydroxylation is 1. The van der Waals surface area contributed by atoms with Crippen LogP contribution in [0.25, 0.3) is 22.3 Å². The minimum atomic E-state index is -0.932. The predicted molar refractivity (Wildman–Crippen MR) is 103 cm³/mol. The van der Waals surface area contributed by atoms with Gasteiger partial charge in [0.05, 0.1) is 12.2 Å². The standard InChI is InChI=1S/C22H17ClO3/c1-13-5-7-18(14-3-2-4-17(23)12-14)21(20(13)22(24)25)16-6-8-19-15(11-16)9-10-26-19/h2-8,11-12H,9-10H2,1H3,(H,24,25). The quantitative estimate of drug-likeness (QED) is 0.656. The molecule has 130 valence electrons. The highest BCUT2D eigenvalue weighted by Crippen LogP contribution is 2.39. The number of benzene rings is 3. The Kier molecular flexibility index (Phi) is 4.17. The molecule has 1 aliphatic rings. The molecule has 1 N–H and O–H groups in total. The summed E-state index contributed by atoms with van der Waals surface area (Å²) < 4.78 is 5.59. The van der Waals surface area contributed by atoms with Crippen LogP contribution in [0, 0.1) is 6.92 Å². The smallest absolute Gasteiger partial charge is 0.336 e. The molecule has 3 nitrogen and oxygen atoms in total. The SMILES string of the molecule is Cc1ccc(-c2cccc(Cl)c2)c(-c2ccc3c(c2)CCO3)c1C(=O)O. The molecule has 0 atom stereocenters. The number of rotatable bonds is 3. The average molecular weight is 365 g/mol. The maximum absolute atomic E-state index is 12.0. The summed E-state index contributed by atoms with van der Waals surface area (Å²) in [6, 6.07) is 17.2. The summed E-state index contributed by atoms with van der Waals surface area (Å²) in [6.45, 7) is 2.49. The predicted octanol–water partition coefficient (Wildman–Crippen LogP) is 5.62. The molecule has 0 spiro atoms. The van der Waals surface area contributed by atoms with Crippen LogP contribution in [0.2, 0.25) is 5.02 Å². The third kappa shape index (κ3) is 2.85. The highest BCUT2D eigenvalue weighted by Gasteiger charge is 2.21. The molecule has 4 rings (SSSR count). The summed E-state index contributed by atoms with van der Waals surface area (Å²) in [6.07, 6.45) is 0.837. The average Bonchev–Trinajstić information content (AvgIpc) is 3.08. The molecule has 26 heavy (non-hydrogen) atoms. The van der Waals surface area contributed by atoms with Crippen molar-refractivity contribution < 1.29 is 14.6 Å². The second-order valence-corrected chi connectivity index (χ2v) is 6.85. The number of halogens is 1. The van der Waals surface area contributed by atoms with Crippen molar-refractivity contribution in [2.75, 3.05) is 6.61 Å². The van der Waals surface area contributed by atoms with Crippen LogP contribution in [0.15, 0.2) is 54.6 Å². The van der Waals surface area contributed by atoms with Gasteiger partial charge in [-0.25, -0.2) is 4.79 Å². The Morgan fingerprint density at radius 1 is 1.08 bits per heavy atom. The molecule has 1 aliphatic heterocycles. The van der Waals surface area contributed by atoms with E-state index in [2.05, 4.69) is 0 Å². The van der Waals surface area contributed by atoms with Crippen LogP contribution in [-0.4, -0.2) is 17.7 Å². The van der Waals surface area contributed by atoms with Crippen LogP contribution in [0.3, 0.4) is 0 Å². The molecule has 0 bridgehead atoms. The number of hydrogen-bond donors (Lipinski definition) is 1. The fourth-order valence-corrected chi connectivity index (χ4v) is 3.71. The molecule has 0 aliphatic carbocycles. The van der Waals surface area contributed by atoms with Crippen molar-refractivity contribution in [3.8, 4) is 28.0 Å². The fraction of sp³-hybridized carbons (Fsp3) is 0.136. The van der Waals surface area contributed by atoms with Crippen LogP contribution >= 0.6 is 11.6 Å². The summed E-state index contributed by atoms with van der Waals surface area (Å²) in [5, 5.41) is 10.5. The third-order valence-electron chi connectivity index (χ3n) is 4.74. The molecule has 4 heteroatoms. The third-order valence-corrected chi connectivity index (χ3v) is 4.98. The first kappa shape index (κ1) is 16.7. The molecule has 0 fully saturated rings. The Morgan fingerprint density at radius 2 is 1.92 bits per heavy atom. The molecule has 0 saturated heterocycles. The van der Waals surface area contributed by atoms with Gasteiger partial charge in [-0.05, 0) is 59.0 Å². The van der Waals surface area contributed by atoms with Gasteiger partial charge in [-0.2, -0.15) is 0 Å². The van der Waals surface area contributed by atoms with E-state index < -0.39 is 5.97 Å². The van der Waals surface area contributed by atoms with Crippen molar-refractivity contribution in [1.82, 2.24) is 0 Å². The molecule has 0 amide bonds. The monoisotopic (exact) mass is 364 g/mol. The lowest BCUT2D eigenvalue weighted by Crippen LogP contribution is -2.04. The van der Waals surface area contributed by atoms with Gasteiger partial charge in [0.1, 0.15) is 5.75 Å². The van der Waals surface area contributed by atoms with E-state index >= 15 is 0 Å². The Balaban J connectivity index is 2.02. The van der Waals surface area contributed by atoms with E-state index in [-0.39, 0.29) is 0 Å². The summed E-state index contributed by atoms with van der Waals surface area (Å²) in [4.78, 5) is 12.0. The normalized spacial score (nSPS) is 12.5. The zero-order valence-electron chi connectivity index (χ0n) is 14.3. The van der Waals surface area contributed by atoms with Gasteiger partial charge in [0.2, 0.25) is 0 Å². The van der Waals surface area contributed by atoms with Crippen molar-refractivity contribution in [1.29, 1.82) is 0 Å². The number of aromatic carboxylic acids is 1. The Hall–Kier alpha value is -2.78. The summed E-state index contributed by atoms with van der Waals surface area (Å²) in [5.41, 5.74) is 5.51. The summed E-state index contributed by atoms with van der Waals surface area (Å²) >= 11 is 6.17. The highest BCUT2D eigenvalue weighted by molar-refractivity contribution is 6.30.